The third-order valence-electron chi connectivity index (χ3n) is 1.90. The summed E-state index contributed by atoms with van der Waals surface area (Å²) in [6.07, 6.45) is 0.391. The molecule has 1 atom stereocenters. The maximum Gasteiger partial charge on any atom is 0.235 e. The molecular weight excluding hydrogens is 180 g/mol. The molecule has 0 fully saturated rings. The molecule has 1 unspecified atom stereocenters. The van der Waals surface area contributed by atoms with Gasteiger partial charge in [0.15, 0.2) is 0 Å². The lowest BCUT2D eigenvalue weighted by Crippen LogP contribution is -2.39. The third kappa shape index (κ3) is 5.13. The molecule has 0 aromatic carbocycles. The minimum Gasteiger partial charge on any atom is -0.342 e. The van der Waals surface area contributed by atoms with Crippen molar-refractivity contribution in [2.24, 2.45) is 0 Å². The van der Waals surface area contributed by atoms with Crippen molar-refractivity contribution in [2.45, 2.75) is 19.4 Å². The highest BCUT2D eigenvalue weighted by Crippen LogP contribution is 1.98. The van der Waals surface area contributed by atoms with E-state index < -0.39 is 0 Å². The number of nitrogens with zero attached hydrogens (tertiary/aromatic N) is 3. The van der Waals surface area contributed by atoms with E-state index in [4.69, 9.17) is 10.5 Å². The summed E-state index contributed by atoms with van der Waals surface area (Å²) in [6.45, 7) is 2.12. The lowest BCUT2D eigenvalue weighted by molar-refractivity contribution is -0.122. The summed E-state index contributed by atoms with van der Waals surface area (Å²) in [5, 5.41) is 19.1. The third-order valence-corrected chi connectivity index (χ3v) is 1.90. The topological polar surface area (TPSA) is 79.9 Å². The quantitative estimate of drug-likeness (QED) is 0.618. The van der Waals surface area contributed by atoms with Crippen molar-refractivity contribution in [1.29, 1.82) is 10.5 Å². The predicted octanol–water partition coefficient (Wildman–Crippen LogP) is -0.140. The van der Waals surface area contributed by atoms with Crippen LogP contribution in [0.25, 0.3) is 0 Å². The molecule has 0 aliphatic rings. The second-order valence-electron chi connectivity index (χ2n) is 3.06. The van der Waals surface area contributed by atoms with Crippen molar-refractivity contribution >= 4 is 5.91 Å². The Kier molecular flexibility index (Phi) is 6.09. The van der Waals surface area contributed by atoms with Crippen LogP contribution in [-0.2, 0) is 4.79 Å². The van der Waals surface area contributed by atoms with Crippen molar-refractivity contribution in [2.75, 3.05) is 20.1 Å². The van der Waals surface area contributed by atoms with Crippen LogP contribution in [0.1, 0.15) is 13.3 Å². The van der Waals surface area contributed by atoms with Crippen molar-refractivity contribution < 1.29 is 4.79 Å². The maximum absolute atomic E-state index is 11.1. The number of amides is 1. The predicted molar refractivity (Wildman–Crippen MR) is 50.9 cm³/mol. The smallest absolute Gasteiger partial charge is 0.235 e. The lowest BCUT2D eigenvalue weighted by Gasteiger charge is -2.21. The number of hydrogen-bond acceptors (Lipinski definition) is 4. The summed E-state index contributed by atoms with van der Waals surface area (Å²) in [7, 11) is 1.77. The van der Waals surface area contributed by atoms with Gasteiger partial charge in [-0.25, -0.2) is 0 Å². The molecule has 0 radical (unpaired) electrons. The van der Waals surface area contributed by atoms with E-state index in [1.54, 1.807) is 11.9 Å². The standard InChI is InChI=1S/C9H14N4O/c1-8(3-4-10)13(2)7-9(14)12-6-5-11/h8H,3,6-7H2,1-2H3,(H,12,14). The average molecular weight is 194 g/mol. The number of carbonyl (C=O) groups excluding carboxylic acids is 1. The molecule has 5 nitrogen and oxygen atoms in total. The first-order valence-corrected chi connectivity index (χ1v) is 4.32. The number of likely N-dealkylation sites (N-methyl/N-ethyl adjacent to an activating group) is 1. The zero-order chi connectivity index (χ0) is 11.0. The van der Waals surface area contributed by atoms with Gasteiger partial charge in [-0.1, -0.05) is 0 Å². The highest BCUT2D eigenvalue weighted by atomic mass is 16.2. The van der Waals surface area contributed by atoms with Gasteiger partial charge in [0.05, 0.1) is 25.1 Å². The van der Waals surface area contributed by atoms with Gasteiger partial charge in [-0.05, 0) is 14.0 Å². The molecule has 0 spiro atoms. The summed E-state index contributed by atoms with van der Waals surface area (Å²) in [6, 6.07) is 3.91. The lowest BCUT2D eigenvalue weighted by atomic mass is 10.2. The first-order chi connectivity index (χ1) is 6.61. The van der Waals surface area contributed by atoms with E-state index in [1.165, 1.54) is 0 Å². The molecule has 76 valence electrons. The molecule has 0 aliphatic carbocycles. The van der Waals surface area contributed by atoms with Gasteiger partial charge in [0, 0.05) is 6.04 Å². The van der Waals surface area contributed by atoms with E-state index in [9.17, 15) is 4.79 Å². The molecule has 0 bridgehead atoms. The zero-order valence-electron chi connectivity index (χ0n) is 8.45. The average Bonchev–Trinajstić information content (AvgIpc) is 2.15. The molecule has 0 rings (SSSR count). The summed E-state index contributed by atoms with van der Waals surface area (Å²) < 4.78 is 0. The second-order valence-corrected chi connectivity index (χ2v) is 3.06. The van der Waals surface area contributed by atoms with Gasteiger partial charge >= 0.3 is 0 Å². The van der Waals surface area contributed by atoms with Crippen LogP contribution >= 0.6 is 0 Å². The molecule has 0 saturated heterocycles. The Labute approximate surface area is 83.9 Å². The fraction of sp³-hybridized carbons (Fsp3) is 0.667. The van der Waals surface area contributed by atoms with E-state index in [2.05, 4.69) is 5.32 Å². The van der Waals surface area contributed by atoms with Gasteiger partial charge in [-0.3, -0.25) is 9.69 Å². The Bertz CT molecular complexity index is 263. The van der Waals surface area contributed by atoms with Gasteiger partial charge in [-0.2, -0.15) is 10.5 Å². The van der Waals surface area contributed by atoms with Crippen LogP contribution in [0, 0.1) is 22.7 Å². The highest BCUT2D eigenvalue weighted by Gasteiger charge is 2.11. The molecule has 14 heavy (non-hydrogen) atoms. The van der Waals surface area contributed by atoms with E-state index >= 15 is 0 Å². The van der Waals surface area contributed by atoms with Gasteiger partial charge in [0.25, 0.3) is 0 Å². The highest BCUT2D eigenvalue weighted by molar-refractivity contribution is 5.78. The van der Waals surface area contributed by atoms with Crippen LogP contribution in [-0.4, -0.2) is 37.0 Å². The minimum atomic E-state index is -0.196. The summed E-state index contributed by atoms with van der Waals surface area (Å²) in [5.74, 6) is -0.196. The van der Waals surface area contributed by atoms with E-state index in [1.807, 2.05) is 19.1 Å². The number of nitriles is 2. The van der Waals surface area contributed by atoms with Crippen LogP contribution in [0.2, 0.25) is 0 Å². The molecule has 0 aromatic rings. The van der Waals surface area contributed by atoms with Crippen LogP contribution in [0.4, 0.5) is 0 Å². The Hall–Kier alpha value is -1.59. The Morgan fingerprint density at radius 1 is 1.50 bits per heavy atom. The van der Waals surface area contributed by atoms with E-state index in [0.717, 1.165) is 0 Å². The maximum atomic E-state index is 11.1. The summed E-state index contributed by atoms with van der Waals surface area (Å²) >= 11 is 0. The normalized spacial score (nSPS) is 11.5. The van der Waals surface area contributed by atoms with Gasteiger partial charge < -0.3 is 5.32 Å². The molecule has 0 aliphatic heterocycles. The molecule has 5 heteroatoms. The molecule has 1 amide bonds. The van der Waals surface area contributed by atoms with Crippen LogP contribution in [0.3, 0.4) is 0 Å². The van der Waals surface area contributed by atoms with Crippen LogP contribution in [0.5, 0.6) is 0 Å². The van der Waals surface area contributed by atoms with Crippen LogP contribution < -0.4 is 5.32 Å². The number of nitrogens with one attached hydrogen (secondary N) is 1. The van der Waals surface area contributed by atoms with Crippen molar-refractivity contribution in [3.63, 3.8) is 0 Å². The minimum absolute atomic E-state index is 0.0271. The molecule has 0 aromatic heterocycles. The van der Waals surface area contributed by atoms with E-state index in [-0.39, 0.29) is 25.0 Å². The fourth-order valence-corrected chi connectivity index (χ4v) is 0.864. The Morgan fingerprint density at radius 3 is 2.64 bits per heavy atom. The fourth-order valence-electron chi connectivity index (χ4n) is 0.864. The Morgan fingerprint density at radius 2 is 2.14 bits per heavy atom. The van der Waals surface area contributed by atoms with Gasteiger partial charge in [-0.15, -0.1) is 0 Å². The number of rotatable bonds is 5. The SMILES string of the molecule is CC(CC#N)N(C)CC(=O)NCC#N. The van der Waals surface area contributed by atoms with Crippen molar-refractivity contribution in [3.05, 3.63) is 0 Å². The van der Waals surface area contributed by atoms with Gasteiger partial charge in [0.2, 0.25) is 5.91 Å². The van der Waals surface area contributed by atoms with Crippen molar-refractivity contribution in [3.8, 4) is 12.1 Å². The first-order valence-electron chi connectivity index (χ1n) is 4.32. The number of carbonyl (C=O) groups is 1. The van der Waals surface area contributed by atoms with Gasteiger partial charge in [0.1, 0.15) is 6.54 Å². The molecule has 0 heterocycles. The monoisotopic (exact) mass is 194 g/mol. The molecule has 1 N–H and O–H groups in total. The Balaban J connectivity index is 3.83. The molecule has 0 saturated carbocycles. The first kappa shape index (κ1) is 12.4. The largest absolute Gasteiger partial charge is 0.342 e. The zero-order valence-corrected chi connectivity index (χ0v) is 8.45. The summed E-state index contributed by atoms with van der Waals surface area (Å²) in [4.78, 5) is 12.9. The second kappa shape index (κ2) is 6.88. The number of hydrogen-bond donors (Lipinski definition) is 1. The van der Waals surface area contributed by atoms with Crippen molar-refractivity contribution in [1.82, 2.24) is 10.2 Å². The molecular formula is C9H14N4O. The summed E-state index contributed by atoms with van der Waals surface area (Å²) in [5.41, 5.74) is 0. The van der Waals surface area contributed by atoms with E-state index in [0.29, 0.717) is 6.42 Å². The van der Waals surface area contributed by atoms with Crippen LogP contribution in [0.15, 0.2) is 0 Å².